The number of benzene rings is 6. The van der Waals surface area contributed by atoms with Gasteiger partial charge in [-0.1, -0.05) is 118 Å². The minimum absolute atomic E-state index is 0.0137. The van der Waals surface area contributed by atoms with E-state index in [-0.39, 0.29) is 44.5 Å². The highest BCUT2D eigenvalue weighted by Gasteiger charge is 2.62. The molecule has 0 aromatic heterocycles. The van der Waals surface area contributed by atoms with Gasteiger partial charge in [-0.3, -0.25) is 29.0 Å². The van der Waals surface area contributed by atoms with E-state index in [2.05, 4.69) is 0 Å². The van der Waals surface area contributed by atoms with Crippen molar-refractivity contribution in [3.63, 3.8) is 0 Å². The van der Waals surface area contributed by atoms with E-state index in [1.807, 2.05) is 33.9 Å². The van der Waals surface area contributed by atoms with Gasteiger partial charge in [-0.25, -0.2) is 19.2 Å². The monoisotopic (exact) mass is 1140 g/mol. The molecular formula is C63H60N2O17Si. The smallest absolute Gasteiger partial charge is 0.338 e. The van der Waals surface area contributed by atoms with E-state index in [1.165, 1.54) is 67.8 Å². The predicted molar refractivity (Wildman–Crippen MR) is 297 cm³/mol. The van der Waals surface area contributed by atoms with Gasteiger partial charge in [0.1, 0.15) is 49.7 Å². The summed E-state index contributed by atoms with van der Waals surface area (Å²) in [4.78, 5) is 119. The van der Waals surface area contributed by atoms with Crippen LogP contribution in [-0.2, 0) is 42.3 Å². The number of imide groups is 2. The maximum Gasteiger partial charge on any atom is 0.338 e. The highest BCUT2D eigenvalue weighted by atomic mass is 28.4. The fourth-order valence-corrected chi connectivity index (χ4v) is 11.6. The number of amides is 4. The average molecular weight is 1150 g/mol. The van der Waals surface area contributed by atoms with Gasteiger partial charge >= 0.3 is 23.9 Å². The summed E-state index contributed by atoms with van der Waals surface area (Å²) in [5.74, 6) is -6.82. The molecule has 0 spiro atoms. The lowest BCUT2D eigenvalue weighted by Gasteiger charge is -2.53. The molecule has 2 saturated heterocycles. The molecule has 6 aromatic rings. The minimum Gasteiger partial charge on any atom is -0.459 e. The van der Waals surface area contributed by atoms with Crippen LogP contribution in [0.3, 0.4) is 0 Å². The summed E-state index contributed by atoms with van der Waals surface area (Å²) >= 11 is 0. The van der Waals surface area contributed by atoms with E-state index in [1.54, 1.807) is 109 Å². The lowest BCUT2D eigenvalue weighted by molar-refractivity contribution is -0.336. The standard InChI is InChI=1S/C63H60N2O17Si/c1-63(2,3)83(5,6)82-50-46(36-76-58(71)38-25-13-8-14-26-38)78-62(48(52(50)80-60(73)40-29-17-10-18-30-40)65-55(68)43-33-21-22-34-44(43)56(65)69)81-49-45(35-75-57(70)37-23-11-7-12-24-37)77-61(74-4)47(51(49)79-59(72)39-27-15-9-16-28-39)64-53(66)41-31-19-20-32-42(41)54(64)67/h7-34,45-52,61-62H,35-36H2,1-6H3/t45?,46?,47-,48?,49+,50?,51?,52-,61+,62+/m1/s1. The number of fused-ring (bicyclic) bond motifs is 2. The summed E-state index contributed by atoms with van der Waals surface area (Å²) in [6, 6.07) is 40.4. The normalized spacial score (nSPS) is 24.2. The Balaban J connectivity index is 1.17. The van der Waals surface area contributed by atoms with Crippen LogP contribution in [0.25, 0.3) is 0 Å². The van der Waals surface area contributed by atoms with Gasteiger partial charge in [0, 0.05) is 7.11 Å². The number of carbonyl (C=O) groups excluding carboxylic acids is 8. The van der Waals surface area contributed by atoms with Crippen LogP contribution in [0.5, 0.6) is 0 Å². The van der Waals surface area contributed by atoms with E-state index < -0.39 is 135 Å². The summed E-state index contributed by atoms with van der Waals surface area (Å²) in [6.45, 7) is 8.44. The van der Waals surface area contributed by atoms with E-state index in [0.29, 0.717) is 0 Å². The summed E-state index contributed by atoms with van der Waals surface area (Å²) in [6.07, 6.45) is -13.7. The molecule has 4 amide bonds. The van der Waals surface area contributed by atoms with Gasteiger partial charge in [0.05, 0.1) is 44.5 Å². The average Bonchev–Trinajstić information content (AvgIpc) is 2.60. The van der Waals surface area contributed by atoms with Crippen LogP contribution >= 0.6 is 0 Å². The largest absolute Gasteiger partial charge is 0.459 e. The zero-order valence-electron chi connectivity index (χ0n) is 46.2. The van der Waals surface area contributed by atoms with Crippen molar-refractivity contribution in [2.75, 3.05) is 20.3 Å². The number of hydrogen-bond donors (Lipinski definition) is 0. The summed E-state index contributed by atoms with van der Waals surface area (Å²) in [7, 11) is -1.87. The first-order valence-corrected chi connectivity index (χ1v) is 29.8. The van der Waals surface area contributed by atoms with E-state index in [0.717, 1.165) is 9.80 Å². The van der Waals surface area contributed by atoms with Crippen molar-refractivity contribution in [3.05, 3.63) is 214 Å². The van der Waals surface area contributed by atoms with Crippen LogP contribution in [0, 0.1) is 0 Å². The van der Waals surface area contributed by atoms with E-state index >= 15 is 9.59 Å². The molecule has 10 rings (SSSR count). The maximum absolute atomic E-state index is 15.2. The van der Waals surface area contributed by atoms with Crippen LogP contribution in [0.2, 0.25) is 18.1 Å². The SMILES string of the molecule is CO[C@H]1OC(COC(=O)c2ccccc2)[C@H](O[C@@H]2OC(COC(=O)c3ccccc3)C(O[Si](C)(C)C(C)(C)C)[C@H](OC(=O)c3ccccc3)C2N2C(=O)c3ccccc3C2=O)C(OC(=O)c2ccccc2)[C@H]1N1C(=O)c2ccccc2C1=O. The molecule has 19 nitrogen and oxygen atoms in total. The molecule has 428 valence electrons. The first kappa shape index (κ1) is 57.7. The highest BCUT2D eigenvalue weighted by molar-refractivity contribution is 6.74. The van der Waals surface area contributed by atoms with Gasteiger partial charge in [-0.2, -0.15) is 0 Å². The first-order chi connectivity index (χ1) is 39.9. The van der Waals surface area contributed by atoms with Crippen molar-refractivity contribution in [1.29, 1.82) is 0 Å². The van der Waals surface area contributed by atoms with Crippen LogP contribution < -0.4 is 0 Å². The number of hydrogen-bond acceptors (Lipinski definition) is 17. The number of nitrogens with zero attached hydrogens (tertiary/aromatic N) is 2. The summed E-state index contributed by atoms with van der Waals surface area (Å²) in [5.41, 5.74) is 0.417. The van der Waals surface area contributed by atoms with Crippen molar-refractivity contribution in [1.82, 2.24) is 9.80 Å². The number of esters is 4. The molecule has 0 aliphatic carbocycles. The van der Waals surface area contributed by atoms with Crippen molar-refractivity contribution < 1.29 is 80.7 Å². The zero-order chi connectivity index (χ0) is 58.7. The van der Waals surface area contributed by atoms with E-state index in [9.17, 15) is 28.8 Å². The molecular weight excluding hydrogens is 1080 g/mol. The zero-order valence-corrected chi connectivity index (χ0v) is 47.2. The Hall–Kier alpha value is -8.50. The molecule has 0 N–H and O–H groups in total. The topological polar surface area (TPSA) is 226 Å². The number of methoxy groups -OCH3 is 1. The highest BCUT2D eigenvalue weighted by Crippen LogP contribution is 2.44. The van der Waals surface area contributed by atoms with Gasteiger partial charge < -0.3 is 42.3 Å². The molecule has 2 fully saturated rings. The van der Waals surface area contributed by atoms with Crippen LogP contribution in [0.15, 0.2) is 170 Å². The van der Waals surface area contributed by atoms with Crippen molar-refractivity contribution >= 4 is 55.8 Å². The van der Waals surface area contributed by atoms with E-state index in [4.69, 9.17) is 42.3 Å². The van der Waals surface area contributed by atoms with Crippen LogP contribution in [-0.4, -0.2) is 147 Å². The lowest BCUT2D eigenvalue weighted by Crippen LogP contribution is -2.72. The van der Waals surface area contributed by atoms with Gasteiger partial charge in [-0.15, -0.1) is 0 Å². The number of ether oxygens (including phenoxy) is 8. The Bertz CT molecular complexity index is 3340. The molecule has 0 bridgehead atoms. The number of carbonyl (C=O) groups is 8. The Labute approximate surface area is 479 Å². The van der Waals surface area contributed by atoms with Gasteiger partial charge in [0.15, 0.2) is 33.1 Å². The molecule has 4 aliphatic heterocycles. The second kappa shape index (κ2) is 24.1. The molecule has 0 saturated carbocycles. The molecule has 83 heavy (non-hydrogen) atoms. The fourth-order valence-electron chi connectivity index (χ4n) is 10.3. The van der Waals surface area contributed by atoms with Crippen molar-refractivity contribution in [2.24, 2.45) is 0 Å². The predicted octanol–water partition coefficient (Wildman–Crippen LogP) is 8.35. The van der Waals surface area contributed by atoms with Crippen LogP contribution in [0.1, 0.15) is 104 Å². The lowest BCUT2D eigenvalue weighted by atomic mass is 9.92. The van der Waals surface area contributed by atoms with Crippen molar-refractivity contribution in [2.45, 2.75) is 100 Å². The Kier molecular flexibility index (Phi) is 16.8. The fraction of sp³-hybridized carbons (Fsp3) is 0.302. The number of rotatable bonds is 17. The van der Waals surface area contributed by atoms with Gasteiger partial charge in [-0.05, 0) is 90.9 Å². The third kappa shape index (κ3) is 11.7. The molecule has 20 heteroatoms. The second-order valence-electron chi connectivity index (χ2n) is 21.7. The maximum atomic E-state index is 15.2. The Morgan fingerprint density at radius 2 is 0.759 bits per heavy atom. The Morgan fingerprint density at radius 1 is 0.446 bits per heavy atom. The molecule has 10 atom stereocenters. The molecule has 4 aliphatic rings. The van der Waals surface area contributed by atoms with Crippen LogP contribution in [0.4, 0.5) is 0 Å². The van der Waals surface area contributed by atoms with Gasteiger partial charge in [0.2, 0.25) is 0 Å². The molecule has 0 radical (unpaired) electrons. The summed E-state index contributed by atoms with van der Waals surface area (Å²) < 4.78 is 59.2. The Morgan fingerprint density at radius 3 is 1.12 bits per heavy atom. The van der Waals surface area contributed by atoms with Gasteiger partial charge in [0.25, 0.3) is 23.6 Å². The summed E-state index contributed by atoms with van der Waals surface area (Å²) in [5, 5.41) is -0.554. The third-order valence-corrected chi connectivity index (χ3v) is 20.0. The second-order valence-corrected chi connectivity index (χ2v) is 26.5. The molecule has 6 aromatic carbocycles. The molecule has 4 heterocycles. The quantitative estimate of drug-likeness (QED) is 0.0362. The molecule has 5 unspecified atom stereocenters. The third-order valence-electron chi connectivity index (χ3n) is 15.5. The first-order valence-electron chi connectivity index (χ1n) is 26.9. The minimum atomic E-state index is -3.11. The van der Waals surface area contributed by atoms with Crippen molar-refractivity contribution in [3.8, 4) is 0 Å².